The van der Waals surface area contributed by atoms with Crippen molar-refractivity contribution in [1.29, 1.82) is 0 Å². The lowest BCUT2D eigenvalue weighted by molar-refractivity contribution is -0.143. The number of carbonyl (C=O) groups excluding carboxylic acids is 2. The van der Waals surface area contributed by atoms with E-state index in [1.807, 2.05) is 39.1 Å². The second kappa shape index (κ2) is 10.9. The number of ether oxygens (including phenoxy) is 1. The van der Waals surface area contributed by atoms with Crippen molar-refractivity contribution in [2.24, 2.45) is 11.8 Å². The lowest BCUT2D eigenvalue weighted by Crippen LogP contribution is -2.48. The van der Waals surface area contributed by atoms with Gasteiger partial charge in [-0.1, -0.05) is 39.8 Å². The smallest absolute Gasteiger partial charge is 0.242 e. The van der Waals surface area contributed by atoms with Crippen LogP contribution in [0.15, 0.2) is 35.7 Å². The van der Waals surface area contributed by atoms with E-state index >= 15 is 0 Å². The Kier molecular flexibility index (Phi) is 8.29. The number of amides is 2. The maximum absolute atomic E-state index is 14.1. The van der Waals surface area contributed by atoms with E-state index in [0.717, 1.165) is 12.0 Å². The van der Waals surface area contributed by atoms with Gasteiger partial charge in [0.05, 0.1) is 12.6 Å². The predicted molar refractivity (Wildman–Crippen MR) is 125 cm³/mol. The first kappa shape index (κ1) is 24.2. The van der Waals surface area contributed by atoms with Gasteiger partial charge in [0.25, 0.3) is 0 Å². The Morgan fingerprint density at radius 2 is 1.94 bits per heavy atom. The first-order valence-electron chi connectivity index (χ1n) is 11.3. The van der Waals surface area contributed by atoms with Gasteiger partial charge in [0.1, 0.15) is 6.61 Å². The topological polar surface area (TPSA) is 49.9 Å². The molecule has 0 N–H and O–H groups in total. The molecule has 2 amide bonds. The molecule has 1 atom stereocenters. The molecule has 0 saturated heterocycles. The molecular weight excluding hydrogens is 427 g/mol. The maximum Gasteiger partial charge on any atom is 0.242 e. The first-order chi connectivity index (χ1) is 15.3. The standard InChI is InChI=1S/C25H33FN2O3S/c1-17(2)13-24(29)27(14-18(3)4)15-25(30)28-11-9-23-19(10-12-32-23)21(28)16-31-22-8-6-5-7-20(22)26/h5-8,10,12,17-18,21H,9,11,13-16H2,1-4H3/t21-/m1/s1. The molecular formula is C25H33FN2O3S. The molecule has 0 bridgehead atoms. The zero-order chi connectivity index (χ0) is 23.3. The summed E-state index contributed by atoms with van der Waals surface area (Å²) in [5.74, 6) is 0.169. The predicted octanol–water partition coefficient (Wildman–Crippen LogP) is 4.92. The number of rotatable bonds is 9. The summed E-state index contributed by atoms with van der Waals surface area (Å²) in [5, 5.41) is 2.02. The molecule has 32 heavy (non-hydrogen) atoms. The van der Waals surface area contributed by atoms with Gasteiger partial charge in [-0.2, -0.15) is 0 Å². The number of thiophene rings is 1. The molecule has 7 heteroatoms. The van der Waals surface area contributed by atoms with Crippen LogP contribution >= 0.6 is 11.3 Å². The summed E-state index contributed by atoms with van der Waals surface area (Å²) in [6.45, 7) is 9.43. The molecule has 1 aliphatic rings. The third kappa shape index (κ3) is 6.09. The SMILES string of the molecule is CC(C)CC(=O)N(CC(=O)N1CCc2sccc2[C@H]1COc1ccccc1F)CC(C)C. The number of halogens is 1. The number of carbonyl (C=O) groups is 2. The summed E-state index contributed by atoms with van der Waals surface area (Å²) in [6.07, 6.45) is 1.20. The average molecular weight is 461 g/mol. The molecule has 5 nitrogen and oxygen atoms in total. The van der Waals surface area contributed by atoms with Crippen molar-refractivity contribution in [2.45, 2.75) is 46.6 Å². The Hall–Kier alpha value is -2.41. The van der Waals surface area contributed by atoms with Gasteiger partial charge in [-0.15, -0.1) is 11.3 Å². The lowest BCUT2D eigenvalue weighted by atomic mass is 10.00. The van der Waals surface area contributed by atoms with Crippen molar-refractivity contribution < 1.29 is 18.7 Å². The average Bonchev–Trinajstić information content (AvgIpc) is 3.20. The molecule has 0 fully saturated rings. The van der Waals surface area contributed by atoms with E-state index in [-0.39, 0.29) is 48.6 Å². The Balaban J connectivity index is 1.77. The van der Waals surface area contributed by atoms with Gasteiger partial charge >= 0.3 is 0 Å². The van der Waals surface area contributed by atoms with Crippen LogP contribution in [0.5, 0.6) is 5.75 Å². The van der Waals surface area contributed by atoms with Crippen LogP contribution in [0.4, 0.5) is 4.39 Å². The summed E-state index contributed by atoms with van der Waals surface area (Å²) in [5.41, 5.74) is 1.05. The number of fused-ring (bicyclic) bond motifs is 1. The highest BCUT2D eigenvalue weighted by Gasteiger charge is 2.33. The zero-order valence-electron chi connectivity index (χ0n) is 19.3. The fraction of sp³-hybridized carbons (Fsp3) is 0.520. The van der Waals surface area contributed by atoms with E-state index in [0.29, 0.717) is 19.5 Å². The third-order valence-electron chi connectivity index (χ3n) is 5.50. The molecule has 1 aromatic heterocycles. The monoisotopic (exact) mass is 460 g/mol. The Morgan fingerprint density at radius 1 is 1.19 bits per heavy atom. The molecule has 1 aromatic carbocycles. The molecule has 3 rings (SSSR count). The van der Waals surface area contributed by atoms with E-state index < -0.39 is 5.82 Å². The van der Waals surface area contributed by atoms with Crippen LogP contribution in [0.25, 0.3) is 0 Å². The molecule has 1 aliphatic heterocycles. The van der Waals surface area contributed by atoms with Crippen LogP contribution in [-0.2, 0) is 16.0 Å². The van der Waals surface area contributed by atoms with Gasteiger partial charge < -0.3 is 14.5 Å². The van der Waals surface area contributed by atoms with Crippen LogP contribution in [0.3, 0.4) is 0 Å². The fourth-order valence-electron chi connectivity index (χ4n) is 4.03. The van der Waals surface area contributed by atoms with Gasteiger partial charge in [0.15, 0.2) is 11.6 Å². The number of benzene rings is 1. The minimum absolute atomic E-state index is 0.00874. The summed E-state index contributed by atoms with van der Waals surface area (Å²) in [4.78, 5) is 30.9. The zero-order valence-corrected chi connectivity index (χ0v) is 20.2. The number of hydrogen-bond acceptors (Lipinski definition) is 4. The summed E-state index contributed by atoms with van der Waals surface area (Å²) in [7, 11) is 0. The van der Waals surface area contributed by atoms with Crippen LogP contribution in [0, 0.1) is 17.7 Å². The van der Waals surface area contributed by atoms with Gasteiger partial charge in [0, 0.05) is 24.4 Å². The third-order valence-corrected chi connectivity index (χ3v) is 6.49. The molecule has 2 heterocycles. The number of para-hydroxylation sites is 1. The highest BCUT2D eigenvalue weighted by molar-refractivity contribution is 7.10. The molecule has 0 radical (unpaired) electrons. The second-order valence-corrected chi connectivity index (χ2v) is 10.2. The second-order valence-electron chi connectivity index (χ2n) is 9.16. The molecule has 0 saturated carbocycles. The van der Waals surface area contributed by atoms with Gasteiger partial charge in [-0.05, 0) is 47.4 Å². The minimum Gasteiger partial charge on any atom is -0.488 e. The van der Waals surface area contributed by atoms with E-state index in [2.05, 4.69) is 0 Å². The van der Waals surface area contributed by atoms with Gasteiger partial charge in [0.2, 0.25) is 11.8 Å². The van der Waals surface area contributed by atoms with Crippen molar-refractivity contribution in [1.82, 2.24) is 9.80 Å². The maximum atomic E-state index is 14.1. The van der Waals surface area contributed by atoms with Crippen LogP contribution in [-0.4, -0.2) is 47.9 Å². The summed E-state index contributed by atoms with van der Waals surface area (Å²) in [6, 6.07) is 8.01. The quantitative estimate of drug-likeness (QED) is 0.534. The lowest BCUT2D eigenvalue weighted by Gasteiger charge is -2.37. The highest BCUT2D eigenvalue weighted by atomic mass is 32.1. The van der Waals surface area contributed by atoms with E-state index in [1.54, 1.807) is 39.3 Å². The van der Waals surface area contributed by atoms with Crippen molar-refractivity contribution >= 4 is 23.2 Å². The number of nitrogens with zero attached hydrogens (tertiary/aromatic N) is 2. The highest BCUT2D eigenvalue weighted by Crippen LogP contribution is 2.34. The van der Waals surface area contributed by atoms with Gasteiger partial charge in [-0.3, -0.25) is 9.59 Å². The van der Waals surface area contributed by atoms with E-state index in [9.17, 15) is 14.0 Å². The Bertz CT molecular complexity index is 927. The van der Waals surface area contributed by atoms with Crippen molar-refractivity contribution in [3.05, 3.63) is 52.0 Å². The normalized spacial score (nSPS) is 15.7. The van der Waals surface area contributed by atoms with Crippen LogP contribution in [0.1, 0.15) is 50.6 Å². The number of hydrogen-bond donors (Lipinski definition) is 0. The molecule has 2 aromatic rings. The summed E-state index contributed by atoms with van der Waals surface area (Å²) >= 11 is 1.67. The fourth-order valence-corrected chi connectivity index (χ4v) is 4.96. The first-order valence-corrected chi connectivity index (χ1v) is 12.1. The van der Waals surface area contributed by atoms with E-state index in [1.165, 1.54) is 10.9 Å². The molecule has 0 spiro atoms. The molecule has 174 valence electrons. The van der Waals surface area contributed by atoms with Gasteiger partial charge in [-0.25, -0.2) is 4.39 Å². The Labute approximate surface area is 194 Å². The largest absolute Gasteiger partial charge is 0.488 e. The van der Waals surface area contributed by atoms with Crippen LogP contribution in [0.2, 0.25) is 0 Å². The van der Waals surface area contributed by atoms with E-state index in [4.69, 9.17) is 4.74 Å². The molecule has 0 aliphatic carbocycles. The minimum atomic E-state index is -0.422. The van der Waals surface area contributed by atoms with Crippen molar-refractivity contribution in [3.63, 3.8) is 0 Å². The van der Waals surface area contributed by atoms with Crippen LogP contribution < -0.4 is 4.74 Å². The summed E-state index contributed by atoms with van der Waals surface area (Å²) < 4.78 is 19.9. The Morgan fingerprint density at radius 3 is 2.62 bits per heavy atom. The molecule has 0 unspecified atom stereocenters. The van der Waals surface area contributed by atoms with Crippen molar-refractivity contribution in [3.8, 4) is 5.75 Å². The van der Waals surface area contributed by atoms with Crippen molar-refractivity contribution in [2.75, 3.05) is 26.2 Å².